The molecule has 0 fully saturated rings. The minimum Gasteiger partial charge on any atom is -0.478 e. The van der Waals surface area contributed by atoms with Crippen molar-refractivity contribution in [1.29, 1.82) is 0 Å². The second kappa shape index (κ2) is 5.05. The van der Waals surface area contributed by atoms with Gasteiger partial charge in [0.1, 0.15) is 0 Å². The molecule has 0 aliphatic carbocycles. The van der Waals surface area contributed by atoms with Gasteiger partial charge in [-0.1, -0.05) is 13.0 Å². The fraction of sp³-hybridized carbons (Fsp3) is 0.308. The third-order valence-corrected chi connectivity index (χ3v) is 4.81. The van der Waals surface area contributed by atoms with Crippen molar-refractivity contribution >= 4 is 26.7 Å². The average molecular weight is 281 g/mol. The van der Waals surface area contributed by atoms with E-state index in [2.05, 4.69) is 0 Å². The first-order chi connectivity index (χ1) is 8.94. The van der Waals surface area contributed by atoms with Gasteiger partial charge in [0, 0.05) is 29.4 Å². The predicted molar refractivity (Wildman–Crippen MR) is 73.2 cm³/mol. The molecule has 0 amide bonds. The van der Waals surface area contributed by atoms with Crippen LogP contribution in [-0.4, -0.2) is 35.6 Å². The summed E-state index contributed by atoms with van der Waals surface area (Å²) in [4.78, 5) is 11.1. The molecule has 0 unspecified atom stereocenters. The van der Waals surface area contributed by atoms with Gasteiger partial charge in [-0.15, -0.1) is 0 Å². The Bertz CT molecular complexity index is 715. The van der Waals surface area contributed by atoms with Crippen molar-refractivity contribution in [3.8, 4) is 0 Å². The van der Waals surface area contributed by atoms with Gasteiger partial charge in [0.2, 0.25) is 0 Å². The van der Waals surface area contributed by atoms with Gasteiger partial charge < -0.3 is 9.67 Å². The van der Waals surface area contributed by atoms with Crippen molar-refractivity contribution in [1.82, 2.24) is 4.57 Å². The zero-order valence-corrected chi connectivity index (χ0v) is 11.4. The molecule has 19 heavy (non-hydrogen) atoms. The SMILES string of the molecule is CCS(=O)(=O)CCn1ccc2c(C(=O)O)cccc21. The molecular formula is C13H15NO4S. The number of sulfone groups is 1. The van der Waals surface area contributed by atoms with E-state index in [1.54, 1.807) is 35.9 Å². The van der Waals surface area contributed by atoms with Crippen LogP contribution in [0.1, 0.15) is 17.3 Å². The molecule has 2 rings (SSSR count). The summed E-state index contributed by atoms with van der Waals surface area (Å²) in [5.41, 5.74) is 0.973. The van der Waals surface area contributed by atoms with Gasteiger partial charge in [0.15, 0.2) is 9.84 Å². The number of benzene rings is 1. The van der Waals surface area contributed by atoms with E-state index in [0.29, 0.717) is 11.9 Å². The third-order valence-electron chi connectivity index (χ3n) is 3.13. The first kappa shape index (κ1) is 13.6. The highest BCUT2D eigenvalue weighted by Crippen LogP contribution is 2.20. The molecule has 0 atom stereocenters. The number of carbonyl (C=O) groups is 1. The van der Waals surface area contributed by atoms with Crippen molar-refractivity contribution in [3.05, 3.63) is 36.0 Å². The normalized spacial score (nSPS) is 11.8. The van der Waals surface area contributed by atoms with E-state index < -0.39 is 15.8 Å². The van der Waals surface area contributed by atoms with Crippen LogP contribution in [0.5, 0.6) is 0 Å². The van der Waals surface area contributed by atoms with Crippen molar-refractivity contribution in [3.63, 3.8) is 0 Å². The maximum Gasteiger partial charge on any atom is 0.336 e. The Morgan fingerprint density at radius 3 is 2.68 bits per heavy atom. The van der Waals surface area contributed by atoms with Crippen LogP contribution < -0.4 is 0 Å². The highest BCUT2D eigenvalue weighted by Gasteiger charge is 2.12. The molecule has 1 aromatic carbocycles. The molecule has 0 radical (unpaired) electrons. The summed E-state index contributed by atoms with van der Waals surface area (Å²) in [6.45, 7) is 1.95. The molecule has 0 spiro atoms. The van der Waals surface area contributed by atoms with Crippen LogP contribution in [0, 0.1) is 0 Å². The van der Waals surface area contributed by atoms with Gasteiger partial charge in [-0.05, 0) is 18.2 Å². The van der Waals surface area contributed by atoms with E-state index in [4.69, 9.17) is 5.11 Å². The fourth-order valence-electron chi connectivity index (χ4n) is 1.99. The topological polar surface area (TPSA) is 76.4 Å². The monoisotopic (exact) mass is 281 g/mol. The summed E-state index contributed by atoms with van der Waals surface area (Å²) in [5, 5.41) is 9.71. The predicted octanol–water partition coefficient (Wildman–Crippen LogP) is 1.77. The highest BCUT2D eigenvalue weighted by molar-refractivity contribution is 7.91. The molecule has 1 heterocycles. The molecular weight excluding hydrogens is 266 g/mol. The van der Waals surface area contributed by atoms with E-state index in [1.807, 2.05) is 0 Å². The number of hydrogen-bond donors (Lipinski definition) is 1. The third kappa shape index (κ3) is 2.78. The van der Waals surface area contributed by atoms with E-state index in [1.165, 1.54) is 6.07 Å². The Morgan fingerprint density at radius 2 is 2.05 bits per heavy atom. The number of hydrogen-bond acceptors (Lipinski definition) is 3. The van der Waals surface area contributed by atoms with Crippen LogP contribution in [0.15, 0.2) is 30.5 Å². The number of rotatable bonds is 5. The molecule has 0 aliphatic heterocycles. The Morgan fingerprint density at radius 1 is 1.32 bits per heavy atom. The molecule has 6 heteroatoms. The number of fused-ring (bicyclic) bond motifs is 1. The number of carboxylic acids is 1. The number of carboxylic acid groups (broad SMARTS) is 1. The molecule has 0 saturated heterocycles. The second-order valence-corrected chi connectivity index (χ2v) is 6.76. The summed E-state index contributed by atoms with van der Waals surface area (Å²) in [6.07, 6.45) is 1.72. The summed E-state index contributed by atoms with van der Waals surface area (Å²) in [7, 11) is -3.03. The largest absolute Gasteiger partial charge is 0.478 e. The molecule has 0 aliphatic rings. The van der Waals surface area contributed by atoms with Crippen molar-refractivity contribution in [2.45, 2.75) is 13.5 Å². The summed E-state index contributed by atoms with van der Waals surface area (Å²) >= 11 is 0. The van der Waals surface area contributed by atoms with E-state index in [9.17, 15) is 13.2 Å². The molecule has 2 aromatic rings. The minimum absolute atomic E-state index is 0.0601. The highest BCUT2D eigenvalue weighted by atomic mass is 32.2. The van der Waals surface area contributed by atoms with Crippen LogP contribution in [0.3, 0.4) is 0 Å². The van der Waals surface area contributed by atoms with Gasteiger partial charge in [0.25, 0.3) is 0 Å². The Balaban J connectivity index is 2.36. The molecule has 1 N–H and O–H groups in total. The molecule has 0 bridgehead atoms. The molecule has 5 nitrogen and oxygen atoms in total. The number of nitrogens with zero attached hydrogens (tertiary/aromatic N) is 1. The van der Waals surface area contributed by atoms with Crippen molar-refractivity contribution in [2.24, 2.45) is 0 Å². The van der Waals surface area contributed by atoms with Crippen LogP contribution in [0.25, 0.3) is 10.9 Å². The fourth-order valence-corrected chi connectivity index (χ4v) is 2.75. The van der Waals surface area contributed by atoms with Crippen molar-refractivity contribution in [2.75, 3.05) is 11.5 Å². The van der Waals surface area contributed by atoms with E-state index in [0.717, 1.165) is 5.52 Å². The number of aromatic carboxylic acids is 1. The molecule has 0 saturated carbocycles. The molecule has 102 valence electrons. The first-order valence-corrected chi connectivity index (χ1v) is 7.78. The lowest BCUT2D eigenvalue weighted by Gasteiger charge is -2.06. The zero-order valence-electron chi connectivity index (χ0n) is 10.5. The van der Waals surface area contributed by atoms with Crippen LogP contribution in [-0.2, 0) is 16.4 Å². The van der Waals surface area contributed by atoms with Gasteiger partial charge in [-0.2, -0.15) is 0 Å². The first-order valence-electron chi connectivity index (χ1n) is 5.96. The maximum absolute atomic E-state index is 11.5. The Hall–Kier alpha value is -1.82. The van der Waals surface area contributed by atoms with E-state index >= 15 is 0 Å². The summed E-state index contributed by atoms with van der Waals surface area (Å²) in [5.74, 6) is -0.804. The quantitative estimate of drug-likeness (QED) is 0.906. The second-order valence-electron chi connectivity index (χ2n) is 4.29. The van der Waals surface area contributed by atoms with Gasteiger partial charge in [-0.25, -0.2) is 13.2 Å². The van der Waals surface area contributed by atoms with Gasteiger partial charge >= 0.3 is 5.97 Å². The lowest BCUT2D eigenvalue weighted by atomic mass is 10.1. The number of aryl methyl sites for hydroxylation is 1. The standard InChI is InChI=1S/C13H15NO4S/c1-2-19(17,18)9-8-14-7-6-10-11(13(15)16)4-3-5-12(10)14/h3-7H,2,8-9H2,1H3,(H,15,16). The van der Waals surface area contributed by atoms with Crippen LogP contribution in [0.2, 0.25) is 0 Å². The van der Waals surface area contributed by atoms with Gasteiger partial charge in [0.05, 0.1) is 11.3 Å². The minimum atomic E-state index is -3.03. The summed E-state index contributed by atoms with van der Waals surface area (Å²) < 4.78 is 24.8. The number of aromatic nitrogens is 1. The Labute approximate surface area is 111 Å². The lowest BCUT2D eigenvalue weighted by Crippen LogP contribution is -2.14. The van der Waals surface area contributed by atoms with Crippen LogP contribution >= 0.6 is 0 Å². The van der Waals surface area contributed by atoms with Gasteiger partial charge in [-0.3, -0.25) is 0 Å². The van der Waals surface area contributed by atoms with Crippen LogP contribution in [0.4, 0.5) is 0 Å². The zero-order chi connectivity index (χ0) is 14.0. The van der Waals surface area contributed by atoms with E-state index in [-0.39, 0.29) is 17.1 Å². The maximum atomic E-state index is 11.5. The Kier molecular flexibility index (Phi) is 3.61. The molecule has 1 aromatic heterocycles. The van der Waals surface area contributed by atoms with Crippen molar-refractivity contribution < 1.29 is 18.3 Å². The summed E-state index contributed by atoms with van der Waals surface area (Å²) in [6, 6.07) is 6.70. The smallest absolute Gasteiger partial charge is 0.336 e. The average Bonchev–Trinajstić information content (AvgIpc) is 2.79. The lowest BCUT2D eigenvalue weighted by molar-refractivity contribution is 0.0699.